The van der Waals surface area contributed by atoms with Crippen molar-refractivity contribution in [3.8, 4) is 0 Å². The minimum atomic E-state index is 0.0460. The molecule has 2 fully saturated rings. The lowest BCUT2D eigenvalue weighted by Gasteiger charge is -2.26. The van der Waals surface area contributed by atoms with Crippen molar-refractivity contribution < 1.29 is 9.53 Å². The first-order valence-electron chi connectivity index (χ1n) is 6.17. The molecule has 0 spiro atoms. The van der Waals surface area contributed by atoms with Gasteiger partial charge in [0, 0.05) is 26.2 Å². The Morgan fingerprint density at radius 3 is 2.94 bits per heavy atom. The van der Waals surface area contributed by atoms with E-state index < -0.39 is 0 Å². The Morgan fingerprint density at radius 1 is 1.44 bits per heavy atom. The van der Waals surface area contributed by atoms with E-state index in [0.717, 1.165) is 58.8 Å². The number of carbonyl (C=O) groups is 1. The maximum Gasteiger partial charge on any atom is 0.237 e. The number of carbonyl (C=O) groups excluding carboxylic acids is 1. The quantitative estimate of drug-likeness (QED) is 0.659. The van der Waals surface area contributed by atoms with Gasteiger partial charge in [-0.3, -0.25) is 9.69 Å². The van der Waals surface area contributed by atoms with Crippen molar-refractivity contribution in [1.29, 1.82) is 0 Å². The van der Waals surface area contributed by atoms with Crippen LogP contribution in [-0.4, -0.2) is 62.8 Å². The van der Waals surface area contributed by atoms with Crippen molar-refractivity contribution in [2.75, 3.05) is 45.9 Å². The average Bonchev–Trinajstić information content (AvgIpc) is 2.84. The van der Waals surface area contributed by atoms with Gasteiger partial charge < -0.3 is 15.4 Å². The van der Waals surface area contributed by atoms with Crippen LogP contribution in [-0.2, 0) is 9.53 Å². The van der Waals surface area contributed by atoms with E-state index in [-0.39, 0.29) is 11.9 Å². The molecule has 2 N–H and O–H groups in total. The van der Waals surface area contributed by atoms with E-state index in [2.05, 4.69) is 15.5 Å². The number of hydrogen-bond acceptors (Lipinski definition) is 4. The van der Waals surface area contributed by atoms with Gasteiger partial charge in [-0.15, -0.1) is 0 Å². The number of hydrogen-bond donors (Lipinski definition) is 2. The molecule has 0 aliphatic carbocycles. The Bertz CT molecular complexity index is 223. The van der Waals surface area contributed by atoms with Crippen molar-refractivity contribution in [3.63, 3.8) is 0 Å². The number of nitrogens with one attached hydrogen (secondary N) is 2. The second-order valence-corrected chi connectivity index (χ2v) is 4.39. The minimum Gasteiger partial charge on any atom is -0.379 e. The fraction of sp³-hybridized carbons (Fsp3) is 0.909. The van der Waals surface area contributed by atoms with Crippen LogP contribution in [0.2, 0.25) is 0 Å². The zero-order chi connectivity index (χ0) is 11.2. The summed E-state index contributed by atoms with van der Waals surface area (Å²) in [5.74, 6) is 0.158. The number of morpholine rings is 1. The molecule has 1 amide bonds. The van der Waals surface area contributed by atoms with E-state index in [4.69, 9.17) is 4.74 Å². The van der Waals surface area contributed by atoms with Crippen molar-refractivity contribution >= 4 is 5.91 Å². The van der Waals surface area contributed by atoms with E-state index >= 15 is 0 Å². The number of rotatable bonds is 4. The highest BCUT2D eigenvalue weighted by Crippen LogP contribution is 2.04. The van der Waals surface area contributed by atoms with Crippen LogP contribution in [0.1, 0.15) is 12.8 Å². The topological polar surface area (TPSA) is 53.6 Å². The molecule has 92 valence electrons. The summed E-state index contributed by atoms with van der Waals surface area (Å²) < 4.78 is 5.27. The normalized spacial score (nSPS) is 26.9. The zero-order valence-corrected chi connectivity index (χ0v) is 9.71. The highest BCUT2D eigenvalue weighted by atomic mass is 16.5. The first-order valence-corrected chi connectivity index (χ1v) is 6.17. The molecule has 2 heterocycles. The van der Waals surface area contributed by atoms with Crippen LogP contribution in [0.3, 0.4) is 0 Å². The highest BCUT2D eigenvalue weighted by molar-refractivity contribution is 5.81. The first kappa shape index (κ1) is 11.8. The SMILES string of the molecule is O=C(NCCN1CCOCC1)C1CCCN1. The lowest BCUT2D eigenvalue weighted by molar-refractivity contribution is -0.122. The van der Waals surface area contributed by atoms with Crippen LogP contribution >= 0.6 is 0 Å². The summed E-state index contributed by atoms with van der Waals surface area (Å²) in [6, 6.07) is 0.0460. The maximum absolute atomic E-state index is 11.7. The van der Waals surface area contributed by atoms with E-state index in [1.165, 1.54) is 0 Å². The smallest absolute Gasteiger partial charge is 0.237 e. The molecule has 0 aromatic heterocycles. The third-order valence-corrected chi connectivity index (χ3v) is 3.21. The average molecular weight is 227 g/mol. The molecule has 0 saturated carbocycles. The lowest BCUT2D eigenvalue weighted by atomic mass is 10.2. The molecule has 0 bridgehead atoms. The van der Waals surface area contributed by atoms with Gasteiger partial charge in [0.25, 0.3) is 0 Å². The third-order valence-electron chi connectivity index (χ3n) is 3.21. The summed E-state index contributed by atoms with van der Waals surface area (Å²) in [6.45, 7) is 6.26. The fourth-order valence-electron chi connectivity index (χ4n) is 2.19. The molecule has 5 nitrogen and oxygen atoms in total. The molecule has 0 aromatic rings. The summed E-state index contributed by atoms with van der Waals surface area (Å²) in [4.78, 5) is 14.0. The van der Waals surface area contributed by atoms with Crippen molar-refractivity contribution in [2.45, 2.75) is 18.9 Å². The van der Waals surface area contributed by atoms with Crippen LogP contribution in [0.15, 0.2) is 0 Å². The third kappa shape index (κ3) is 3.43. The van der Waals surface area contributed by atoms with E-state index in [1.807, 2.05) is 0 Å². The van der Waals surface area contributed by atoms with Crippen molar-refractivity contribution in [3.05, 3.63) is 0 Å². The minimum absolute atomic E-state index is 0.0460. The summed E-state index contributed by atoms with van der Waals surface area (Å²) in [7, 11) is 0. The largest absolute Gasteiger partial charge is 0.379 e. The van der Waals surface area contributed by atoms with Crippen LogP contribution in [0, 0.1) is 0 Å². The summed E-state index contributed by atoms with van der Waals surface area (Å²) >= 11 is 0. The molecule has 0 aromatic carbocycles. The summed E-state index contributed by atoms with van der Waals surface area (Å²) in [5.41, 5.74) is 0. The molecule has 2 aliphatic rings. The molecule has 5 heteroatoms. The van der Waals surface area contributed by atoms with Crippen molar-refractivity contribution in [1.82, 2.24) is 15.5 Å². The lowest BCUT2D eigenvalue weighted by Crippen LogP contribution is -2.45. The monoisotopic (exact) mass is 227 g/mol. The molecule has 2 rings (SSSR count). The van der Waals surface area contributed by atoms with Gasteiger partial charge in [-0.05, 0) is 19.4 Å². The fourth-order valence-corrected chi connectivity index (χ4v) is 2.19. The molecule has 0 radical (unpaired) electrons. The second kappa shape index (κ2) is 6.18. The Labute approximate surface area is 96.5 Å². The van der Waals surface area contributed by atoms with E-state index in [0.29, 0.717) is 0 Å². The number of ether oxygens (including phenoxy) is 1. The molecular weight excluding hydrogens is 206 g/mol. The van der Waals surface area contributed by atoms with Gasteiger partial charge in [-0.25, -0.2) is 0 Å². The molecule has 2 saturated heterocycles. The Hall–Kier alpha value is -0.650. The van der Waals surface area contributed by atoms with Crippen LogP contribution in [0.4, 0.5) is 0 Å². The Kier molecular flexibility index (Phi) is 4.56. The van der Waals surface area contributed by atoms with E-state index in [9.17, 15) is 4.79 Å². The predicted molar refractivity (Wildman–Crippen MR) is 61.3 cm³/mol. The molecule has 1 atom stereocenters. The maximum atomic E-state index is 11.7. The predicted octanol–water partition coefficient (Wildman–Crippen LogP) is -0.813. The Balaban J connectivity index is 1.57. The van der Waals surface area contributed by atoms with Crippen molar-refractivity contribution in [2.24, 2.45) is 0 Å². The standard InChI is InChI=1S/C11H21N3O2/c15-11(10-2-1-3-12-10)13-4-5-14-6-8-16-9-7-14/h10,12H,1-9H2,(H,13,15). The summed E-state index contributed by atoms with van der Waals surface area (Å²) in [5, 5.41) is 6.19. The van der Waals surface area contributed by atoms with Crippen LogP contribution in [0.25, 0.3) is 0 Å². The van der Waals surface area contributed by atoms with E-state index in [1.54, 1.807) is 0 Å². The van der Waals surface area contributed by atoms with Crippen LogP contribution in [0.5, 0.6) is 0 Å². The Morgan fingerprint density at radius 2 is 2.25 bits per heavy atom. The van der Waals surface area contributed by atoms with Gasteiger partial charge in [-0.1, -0.05) is 0 Å². The highest BCUT2D eigenvalue weighted by Gasteiger charge is 2.21. The number of nitrogens with zero attached hydrogens (tertiary/aromatic N) is 1. The van der Waals surface area contributed by atoms with Gasteiger partial charge in [0.2, 0.25) is 5.91 Å². The number of amides is 1. The van der Waals surface area contributed by atoms with Crippen LogP contribution < -0.4 is 10.6 Å². The van der Waals surface area contributed by atoms with Gasteiger partial charge >= 0.3 is 0 Å². The van der Waals surface area contributed by atoms with Gasteiger partial charge in [0.05, 0.1) is 19.3 Å². The molecule has 2 aliphatic heterocycles. The zero-order valence-electron chi connectivity index (χ0n) is 9.71. The van der Waals surface area contributed by atoms with Gasteiger partial charge in [0.1, 0.15) is 0 Å². The summed E-state index contributed by atoms with van der Waals surface area (Å²) in [6.07, 6.45) is 2.09. The second-order valence-electron chi connectivity index (χ2n) is 4.39. The van der Waals surface area contributed by atoms with Gasteiger partial charge in [-0.2, -0.15) is 0 Å². The molecule has 1 unspecified atom stereocenters. The first-order chi connectivity index (χ1) is 7.86. The molecular formula is C11H21N3O2. The molecule has 16 heavy (non-hydrogen) atoms. The van der Waals surface area contributed by atoms with Gasteiger partial charge in [0.15, 0.2) is 0 Å².